The molecule has 0 amide bonds. The van der Waals surface area contributed by atoms with Crippen LogP contribution < -0.4 is 0 Å². The molecule has 0 aliphatic carbocycles. The number of rotatable bonds is 5. The van der Waals surface area contributed by atoms with E-state index in [0.29, 0.717) is 0 Å². The largest absolute Gasteiger partial charge is 0.260 e. The molecule has 0 aliphatic rings. The molecule has 15 heavy (non-hydrogen) atoms. The molecule has 1 rings (SSSR count). The summed E-state index contributed by atoms with van der Waals surface area (Å²) < 4.78 is 0. The van der Waals surface area contributed by atoms with E-state index in [-0.39, 0.29) is 0 Å². The first-order valence-corrected chi connectivity index (χ1v) is 6.09. The van der Waals surface area contributed by atoms with Crippen LogP contribution in [0.1, 0.15) is 25.8 Å². The molecule has 80 valence electrons. The lowest BCUT2D eigenvalue weighted by molar-refractivity contribution is 0.920. The van der Waals surface area contributed by atoms with E-state index in [1.165, 1.54) is 16.9 Å². The van der Waals surface area contributed by atoms with Gasteiger partial charge in [-0.15, -0.1) is 0 Å². The normalized spacial score (nSPS) is 10.8. The second kappa shape index (κ2) is 6.46. The van der Waals surface area contributed by atoms with Crippen LogP contribution in [-0.2, 0) is 6.42 Å². The number of thioether (sulfide) groups is 1. The Balaban J connectivity index is 3.02. The first-order valence-electron chi connectivity index (χ1n) is 5.21. The van der Waals surface area contributed by atoms with Crippen molar-refractivity contribution in [2.75, 3.05) is 0 Å². The summed E-state index contributed by atoms with van der Waals surface area (Å²) in [6, 6.07) is 6.46. The number of benzene rings is 1. The molecule has 0 unspecified atom stereocenters. The molecule has 1 nitrogen and oxygen atoms in total. The fourth-order valence-corrected chi connectivity index (χ4v) is 2.00. The minimum absolute atomic E-state index is 1.05. The summed E-state index contributed by atoms with van der Waals surface area (Å²) in [5.74, 6) is 0. The van der Waals surface area contributed by atoms with Crippen LogP contribution in [0.4, 0.5) is 5.69 Å². The molecular weight excluding hydrogens is 202 g/mol. The third-order valence-electron chi connectivity index (χ3n) is 2.04. The maximum Gasteiger partial charge on any atom is 0.0767 e. The zero-order valence-electron chi connectivity index (χ0n) is 9.36. The average Bonchev–Trinajstić information content (AvgIpc) is 2.23. The fraction of sp³-hybridized carbons (Fsp3) is 0.308. The van der Waals surface area contributed by atoms with E-state index in [4.69, 9.17) is 0 Å². The van der Waals surface area contributed by atoms with Crippen molar-refractivity contribution in [3.8, 4) is 0 Å². The topological polar surface area (TPSA) is 12.4 Å². The fourth-order valence-electron chi connectivity index (χ4n) is 1.44. The molecule has 1 aromatic carbocycles. The second-order valence-corrected chi connectivity index (χ2v) is 4.23. The highest BCUT2D eigenvalue weighted by Gasteiger charge is 2.01. The highest BCUT2D eigenvalue weighted by Crippen LogP contribution is 2.31. The minimum atomic E-state index is 1.05. The van der Waals surface area contributed by atoms with Gasteiger partial charge in [0, 0.05) is 11.1 Å². The molecule has 0 fully saturated rings. The predicted molar refractivity (Wildman–Crippen MR) is 70.3 cm³/mol. The van der Waals surface area contributed by atoms with Crippen molar-refractivity contribution in [3.63, 3.8) is 0 Å². The van der Waals surface area contributed by atoms with E-state index >= 15 is 0 Å². The quantitative estimate of drug-likeness (QED) is 0.521. The Bertz CT molecular complexity index is 356. The van der Waals surface area contributed by atoms with Gasteiger partial charge < -0.3 is 0 Å². The van der Waals surface area contributed by atoms with Crippen LogP contribution in [0.15, 0.2) is 40.1 Å². The van der Waals surface area contributed by atoms with E-state index in [0.717, 1.165) is 12.1 Å². The van der Waals surface area contributed by atoms with Gasteiger partial charge in [0.2, 0.25) is 0 Å². The first kappa shape index (κ1) is 12.1. The summed E-state index contributed by atoms with van der Waals surface area (Å²) in [6.07, 6.45) is 4.12. The van der Waals surface area contributed by atoms with Gasteiger partial charge in [0.15, 0.2) is 0 Å². The van der Waals surface area contributed by atoms with Crippen molar-refractivity contribution >= 4 is 23.7 Å². The molecule has 0 atom stereocenters. The van der Waals surface area contributed by atoms with Crippen LogP contribution in [0.3, 0.4) is 0 Å². The molecule has 0 saturated heterocycles. The van der Waals surface area contributed by atoms with Gasteiger partial charge in [0.25, 0.3) is 0 Å². The second-order valence-electron chi connectivity index (χ2n) is 3.22. The maximum absolute atomic E-state index is 4.37. The minimum Gasteiger partial charge on any atom is -0.260 e. The van der Waals surface area contributed by atoms with E-state index in [1.54, 1.807) is 11.8 Å². The van der Waals surface area contributed by atoms with Gasteiger partial charge in [-0.25, -0.2) is 0 Å². The van der Waals surface area contributed by atoms with Crippen molar-refractivity contribution in [3.05, 3.63) is 35.7 Å². The van der Waals surface area contributed by atoms with Crippen LogP contribution in [-0.4, -0.2) is 6.21 Å². The Morgan fingerprint density at radius 3 is 2.87 bits per heavy atom. The van der Waals surface area contributed by atoms with Crippen LogP contribution >= 0.6 is 11.8 Å². The monoisotopic (exact) mass is 219 g/mol. The molecule has 0 bridgehead atoms. The van der Waals surface area contributed by atoms with Crippen molar-refractivity contribution < 1.29 is 0 Å². The van der Waals surface area contributed by atoms with Gasteiger partial charge in [0.1, 0.15) is 0 Å². The molecule has 0 heterocycles. The van der Waals surface area contributed by atoms with Crippen molar-refractivity contribution in [1.82, 2.24) is 0 Å². The van der Waals surface area contributed by atoms with Gasteiger partial charge in [-0.1, -0.05) is 37.8 Å². The molecule has 0 spiro atoms. The number of aryl methyl sites for hydroxylation is 1. The molecular formula is C13H17NS. The Morgan fingerprint density at radius 1 is 1.47 bits per heavy atom. The standard InChI is InChI=1S/C13H17NS/c1-4-7-11-8-9-13(15-6-3)12(10-11)14-5-2/h5-6,8-10H,3-4,7H2,1-2H3. The van der Waals surface area contributed by atoms with Crippen LogP contribution in [0.25, 0.3) is 0 Å². The third kappa shape index (κ3) is 3.56. The summed E-state index contributed by atoms with van der Waals surface area (Å²) in [4.78, 5) is 5.54. The van der Waals surface area contributed by atoms with Crippen LogP contribution in [0, 0.1) is 0 Å². The molecule has 0 aliphatic heterocycles. The van der Waals surface area contributed by atoms with Crippen LogP contribution in [0.5, 0.6) is 0 Å². The van der Waals surface area contributed by atoms with Crippen LogP contribution in [0.2, 0.25) is 0 Å². The Kier molecular flexibility index (Phi) is 5.19. The Labute approximate surface area is 96.3 Å². The summed E-state index contributed by atoms with van der Waals surface area (Å²) >= 11 is 1.62. The summed E-state index contributed by atoms with van der Waals surface area (Å²) in [6.45, 7) is 7.86. The van der Waals surface area contributed by atoms with Crippen molar-refractivity contribution in [2.45, 2.75) is 31.6 Å². The lowest BCUT2D eigenvalue weighted by atomic mass is 10.1. The van der Waals surface area contributed by atoms with Crippen molar-refractivity contribution in [1.29, 1.82) is 0 Å². The van der Waals surface area contributed by atoms with Gasteiger partial charge in [-0.3, -0.25) is 4.99 Å². The molecule has 0 aromatic heterocycles. The van der Waals surface area contributed by atoms with Gasteiger partial charge in [-0.05, 0) is 36.4 Å². The van der Waals surface area contributed by atoms with E-state index in [9.17, 15) is 0 Å². The average molecular weight is 219 g/mol. The number of hydrogen-bond acceptors (Lipinski definition) is 2. The number of nitrogens with zero attached hydrogens (tertiary/aromatic N) is 1. The number of hydrogen-bond donors (Lipinski definition) is 0. The Hall–Kier alpha value is -1.02. The first-order chi connectivity index (χ1) is 7.31. The molecule has 0 saturated carbocycles. The number of aliphatic imine (C=N–C) groups is 1. The van der Waals surface area contributed by atoms with Gasteiger partial charge >= 0.3 is 0 Å². The zero-order valence-corrected chi connectivity index (χ0v) is 10.2. The smallest absolute Gasteiger partial charge is 0.0767 e. The molecule has 0 N–H and O–H groups in total. The molecule has 0 radical (unpaired) electrons. The lowest BCUT2D eigenvalue weighted by Crippen LogP contribution is -1.83. The van der Waals surface area contributed by atoms with E-state index in [1.807, 2.05) is 18.5 Å². The molecule has 1 aromatic rings. The van der Waals surface area contributed by atoms with Gasteiger partial charge in [0.05, 0.1) is 5.69 Å². The predicted octanol–water partition coefficient (Wildman–Crippen LogP) is 4.60. The van der Waals surface area contributed by atoms with E-state index < -0.39 is 0 Å². The highest BCUT2D eigenvalue weighted by molar-refractivity contribution is 8.02. The summed E-state index contributed by atoms with van der Waals surface area (Å²) in [5.41, 5.74) is 2.40. The highest BCUT2D eigenvalue weighted by atomic mass is 32.2. The van der Waals surface area contributed by atoms with Gasteiger partial charge in [-0.2, -0.15) is 0 Å². The zero-order chi connectivity index (χ0) is 11.1. The van der Waals surface area contributed by atoms with Crippen molar-refractivity contribution in [2.24, 2.45) is 4.99 Å². The third-order valence-corrected chi connectivity index (χ3v) is 2.81. The molecule has 2 heteroatoms. The van der Waals surface area contributed by atoms with E-state index in [2.05, 4.69) is 36.7 Å². The maximum atomic E-state index is 4.37. The summed E-state index contributed by atoms with van der Waals surface area (Å²) in [7, 11) is 0. The SMILES string of the molecule is C=CSc1ccc(CCC)cc1N=CC. The summed E-state index contributed by atoms with van der Waals surface area (Å²) in [5, 5.41) is 1.84. The lowest BCUT2D eigenvalue weighted by Gasteiger charge is -2.05. The Morgan fingerprint density at radius 2 is 2.27 bits per heavy atom.